The Morgan fingerprint density at radius 1 is 0.935 bits per heavy atom. The van der Waals surface area contributed by atoms with Crippen molar-refractivity contribution in [2.45, 2.75) is 13.1 Å². The molecule has 0 atom stereocenters. The minimum atomic E-state index is -4.41. The highest BCUT2D eigenvalue weighted by molar-refractivity contribution is 7.19. The zero-order valence-electron chi connectivity index (χ0n) is 16.5. The third kappa shape index (κ3) is 5.03. The maximum Gasteiger partial charge on any atom is 0.422 e. The van der Waals surface area contributed by atoms with Gasteiger partial charge in [-0.1, -0.05) is 59.9 Å². The van der Waals surface area contributed by atoms with E-state index in [0.29, 0.717) is 22.1 Å². The third-order valence-corrected chi connectivity index (χ3v) is 5.44. The lowest BCUT2D eigenvalue weighted by Gasteiger charge is -2.13. The number of nitrogens with one attached hydrogen (secondary N) is 1. The van der Waals surface area contributed by atoms with Crippen molar-refractivity contribution in [2.24, 2.45) is 0 Å². The second-order valence-corrected chi connectivity index (χ2v) is 7.74. The highest BCUT2D eigenvalue weighted by Crippen LogP contribution is 2.41. The molecule has 4 nitrogen and oxygen atoms in total. The van der Waals surface area contributed by atoms with E-state index in [9.17, 15) is 13.2 Å². The van der Waals surface area contributed by atoms with Crippen LogP contribution in [0.1, 0.15) is 5.56 Å². The first-order chi connectivity index (χ1) is 14.9. The molecule has 0 saturated carbocycles. The summed E-state index contributed by atoms with van der Waals surface area (Å²) < 4.78 is 42.9. The average Bonchev–Trinajstić information content (AvgIpc) is 3.17. The van der Waals surface area contributed by atoms with Crippen LogP contribution in [0.2, 0.25) is 0 Å². The zero-order valence-corrected chi connectivity index (χ0v) is 17.3. The zero-order chi connectivity index (χ0) is 21.8. The first-order valence-corrected chi connectivity index (χ1v) is 10.3. The van der Waals surface area contributed by atoms with E-state index in [1.165, 1.54) is 23.6 Å². The maximum atomic E-state index is 12.6. The summed E-state index contributed by atoms with van der Waals surface area (Å²) in [4.78, 5) is 9.95. The van der Waals surface area contributed by atoms with Gasteiger partial charge in [-0.3, -0.25) is 4.98 Å². The summed E-state index contributed by atoms with van der Waals surface area (Å²) in [6, 6.07) is 20.7. The van der Waals surface area contributed by atoms with Crippen molar-refractivity contribution in [3.8, 4) is 27.6 Å². The van der Waals surface area contributed by atoms with Crippen LogP contribution in [0.3, 0.4) is 0 Å². The molecule has 0 spiro atoms. The predicted molar refractivity (Wildman–Crippen MR) is 117 cm³/mol. The molecule has 4 aromatic rings. The number of hydrogen-bond acceptors (Lipinski definition) is 5. The van der Waals surface area contributed by atoms with Gasteiger partial charge in [0, 0.05) is 23.0 Å². The number of rotatable bonds is 6. The Balaban J connectivity index is 1.76. The smallest absolute Gasteiger partial charge is 0.422 e. The molecular formula is C23H18F3N3OS. The highest BCUT2D eigenvalue weighted by Gasteiger charge is 2.29. The third-order valence-electron chi connectivity index (χ3n) is 4.46. The quantitative estimate of drug-likeness (QED) is 0.355. The van der Waals surface area contributed by atoms with Crippen molar-refractivity contribution in [1.29, 1.82) is 0 Å². The van der Waals surface area contributed by atoms with E-state index < -0.39 is 12.8 Å². The van der Waals surface area contributed by atoms with E-state index in [2.05, 4.69) is 10.3 Å². The lowest BCUT2D eigenvalue weighted by molar-refractivity contribution is -0.153. The van der Waals surface area contributed by atoms with Crippen LogP contribution in [0.25, 0.3) is 21.8 Å². The summed E-state index contributed by atoms with van der Waals surface area (Å²) in [7, 11) is 0. The van der Waals surface area contributed by atoms with E-state index in [4.69, 9.17) is 9.72 Å². The number of hydrogen-bond donors (Lipinski definition) is 1. The molecule has 0 amide bonds. The summed E-state index contributed by atoms with van der Waals surface area (Å²) in [5.41, 5.74) is 3.54. The lowest BCUT2D eigenvalue weighted by atomic mass is 10.1. The number of anilines is 2. The summed E-state index contributed by atoms with van der Waals surface area (Å²) in [6.07, 6.45) is -2.96. The molecule has 31 heavy (non-hydrogen) atoms. The number of benzene rings is 2. The Kier molecular flexibility index (Phi) is 5.90. The number of alkyl halides is 3. The Hall–Kier alpha value is -3.39. The molecule has 0 fully saturated rings. The monoisotopic (exact) mass is 441 g/mol. The van der Waals surface area contributed by atoms with Crippen LogP contribution in [0.5, 0.6) is 5.75 Å². The molecule has 0 saturated heterocycles. The number of aromatic nitrogens is 2. The standard InChI is InChI=1S/C23H18F3N3OS/c1-15-18(30-14-23(24,25)26)12-13-27-19(15)21-20(16-8-4-2-5-9-16)29-22(31-21)28-17-10-6-3-7-11-17/h2-13H,14H2,1H3,(H,28,29). The van der Waals surface area contributed by atoms with Crippen LogP contribution < -0.4 is 10.1 Å². The van der Waals surface area contributed by atoms with Crippen molar-refractivity contribution in [2.75, 3.05) is 11.9 Å². The fraction of sp³-hybridized carbons (Fsp3) is 0.130. The number of ether oxygens (including phenoxy) is 1. The molecule has 8 heteroatoms. The molecule has 0 unspecified atom stereocenters. The number of nitrogens with zero attached hydrogens (tertiary/aromatic N) is 2. The van der Waals surface area contributed by atoms with Crippen molar-refractivity contribution in [3.05, 3.63) is 78.5 Å². The van der Waals surface area contributed by atoms with Gasteiger partial charge < -0.3 is 10.1 Å². The predicted octanol–water partition coefficient (Wildman–Crippen LogP) is 6.87. The minimum Gasteiger partial charge on any atom is -0.484 e. The molecule has 1 N–H and O–H groups in total. The topological polar surface area (TPSA) is 47.0 Å². The minimum absolute atomic E-state index is 0.146. The Labute approximate surface area is 181 Å². The van der Waals surface area contributed by atoms with Gasteiger partial charge in [0.1, 0.15) is 5.75 Å². The van der Waals surface area contributed by atoms with Gasteiger partial charge in [0.2, 0.25) is 0 Å². The molecule has 2 heterocycles. The lowest BCUT2D eigenvalue weighted by Crippen LogP contribution is -2.19. The van der Waals surface area contributed by atoms with Crippen molar-refractivity contribution < 1.29 is 17.9 Å². The van der Waals surface area contributed by atoms with Crippen LogP contribution in [0.4, 0.5) is 24.0 Å². The van der Waals surface area contributed by atoms with Crippen molar-refractivity contribution in [3.63, 3.8) is 0 Å². The maximum absolute atomic E-state index is 12.6. The van der Waals surface area contributed by atoms with Gasteiger partial charge in [0.15, 0.2) is 11.7 Å². The number of halogens is 3. The van der Waals surface area contributed by atoms with Crippen LogP contribution in [-0.4, -0.2) is 22.8 Å². The number of thiazole rings is 1. The molecule has 2 aromatic carbocycles. The van der Waals surface area contributed by atoms with Crippen molar-refractivity contribution in [1.82, 2.24) is 9.97 Å². The SMILES string of the molecule is Cc1c(OCC(F)(F)F)ccnc1-c1sc(Nc2ccccc2)nc1-c1ccccc1. The van der Waals surface area contributed by atoms with E-state index in [1.807, 2.05) is 60.7 Å². The van der Waals surface area contributed by atoms with Gasteiger partial charge in [-0.15, -0.1) is 0 Å². The molecular weight excluding hydrogens is 423 g/mol. The molecule has 0 bridgehead atoms. The summed E-state index contributed by atoms with van der Waals surface area (Å²) in [5.74, 6) is 0.146. The van der Waals surface area contributed by atoms with Gasteiger partial charge in [-0.25, -0.2) is 4.98 Å². The van der Waals surface area contributed by atoms with Crippen molar-refractivity contribution >= 4 is 22.2 Å². The van der Waals surface area contributed by atoms with E-state index in [-0.39, 0.29) is 5.75 Å². The molecule has 0 aliphatic rings. The van der Waals surface area contributed by atoms with Gasteiger partial charge in [0.05, 0.1) is 16.3 Å². The summed E-state index contributed by atoms with van der Waals surface area (Å²) >= 11 is 1.39. The fourth-order valence-electron chi connectivity index (χ4n) is 3.03. The Morgan fingerprint density at radius 2 is 1.61 bits per heavy atom. The largest absolute Gasteiger partial charge is 0.484 e. The fourth-order valence-corrected chi connectivity index (χ4v) is 4.10. The van der Waals surface area contributed by atoms with Gasteiger partial charge >= 0.3 is 6.18 Å². The van der Waals surface area contributed by atoms with E-state index in [1.54, 1.807) is 6.92 Å². The van der Waals surface area contributed by atoms with Gasteiger partial charge in [-0.2, -0.15) is 13.2 Å². The summed E-state index contributed by atoms with van der Waals surface area (Å²) in [5, 5.41) is 3.94. The Bertz CT molecular complexity index is 1160. The van der Waals surface area contributed by atoms with Gasteiger partial charge in [-0.05, 0) is 25.1 Å². The second-order valence-electron chi connectivity index (χ2n) is 6.74. The Morgan fingerprint density at radius 3 is 2.29 bits per heavy atom. The van der Waals surface area contributed by atoms with Gasteiger partial charge in [0.25, 0.3) is 0 Å². The second kappa shape index (κ2) is 8.77. The first-order valence-electron chi connectivity index (χ1n) is 9.44. The molecule has 158 valence electrons. The van der Waals surface area contributed by atoms with Crippen LogP contribution >= 0.6 is 11.3 Å². The molecule has 2 aromatic heterocycles. The molecule has 4 rings (SSSR count). The number of pyridine rings is 1. The molecule has 0 aliphatic carbocycles. The van der Waals surface area contributed by atoms with Crippen LogP contribution in [0.15, 0.2) is 72.9 Å². The highest BCUT2D eigenvalue weighted by atomic mass is 32.1. The first kappa shape index (κ1) is 20.9. The molecule has 0 aliphatic heterocycles. The number of para-hydroxylation sites is 1. The average molecular weight is 441 g/mol. The van der Waals surface area contributed by atoms with Crippen LogP contribution in [0, 0.1) is 6.92 Å². The molecule has 0 radical (unpaired) electrons. The van der Waals surface area contributed by atoms with E-state index >= 15 is 0 Å². The normalized spacial score (nSPS) is 11.4. The van der Waals surface area contributed by atoms with E-state index in [0.717, 1.165) is 16.1 Å². The van der Waals surface area contributed by atoms with Crippen LogP contribution in [-0.2, 0) is 0 Å². The summed E-state index contributed by atoms with van der Waals surface area (Å²) in [6.45, 7) is 0.346.